The summed E-state index contributed by atoms with van der Waals surface area (Å²) in [6.07, 6.45) is 2.75. The Morgan fingerprint density at radius 2 is 2.25 bits per heavy atom. The first-order valence-corrected chi connectivity index (χ1v) is 7.99. The topological polar surface area (TPSA) is 23.6 Å². The molecule has 5 heteroatoms. The van der Waals surface area contributed by atoms with Gasteiger partial charge in [-0.2, -0.15) is 0 Å². The molecule has 3 rings (SSSR count). The second kappa shape index (κ2) is 5.92. The van der Waals surface area contributed by atoms with E-state index in [2.05, 4.69) is 4.90 Å². The van der Waals surface area contributed by atoms with E-state index in [0.29, 0.717) is 18.3 Å². The van der Waals surface area contributed by atoms with Gasteiger partial charge in [0.1, 0.15) is 0 Å². The highest BCUT2D eigenvalue weighted by atomic mass is 35.5. The lowest BCUT2D eigenvalue weighted by Gasteiger charge is -2.26. The van der Waals surface area contributed by atoms with Gasteiger partial charge in [0, 0.05) is 42.1 Å². The van der Waals surface area contributed by atoms with Gasteiger partial charge in [0.05, 0.1) is 0 Å². The molecule has 1 fully saturated rings. The predicted octanol–water partition coefficient (Wildman–Crippen LogP) is 3.28. The number of alkyl halides is 1. The maximum absolute atomic E-state index is 12.4. The van der Waals surface area contributed by atoms with Crippen molar-refractivity contribution >= 4 is 34.8 Å². The summed E-state index contributed by atoms with van der Waals surface area (Å²) < 4.78 is 0. The Balaban J connectivity index is 1.98. The lowest BCUT2D eigenvalue weighted by Crippen LogP contribution is -2.40. The number of amides is 1. The molecule has 0 aliphatic carbocycles. The van der Waals surface area contributed by atoms with Crippen LogP contribution in [0.25, 0.3) is 0 Å². The average Bonchev–Trinajstić information content (AvgIpc) is 2.78. The highest BCUT2D eigenvalue weighted by Gasteiger charge is 2.33. The molecule has 1 aromatic carbocycles. The molecular formula is C15H18Cl2N2O. The van der Waals surface area contributed by atoms with Crippen LogP contribution in [0.1, 0.15) is 24.8 Å². The molecule has 1 unspecified atom stereocenters. The zero-order chi connectivity index (χ0) is 14.1. The van der Waals surface area contributed by atoms with E-state index in [1.165, 1.54) is 6.42 Å². The fourth-order valence-electron chi connectivity index (χ4n) is 3.23. The predicted molar refractivity (Wildman–Crippen MR) is 82.6 cm³/mol. The highest BCUT2D eigenvalue weighted by molar-refractivity contribution is 6.30. The summed E-state index contributed by atoms with van der Waals surface area (Å²) in [6, 6.07) is 6.27. The van der Waals surface area contributed by atoms with E-state index in [1.54, 1.807) is 0 Å². The molecule has 1 atom stereocenters. The van der Waals surface area contributed by atoms with E-state index in [1.807, 2.05) is 23.1 Å². The van der Waals surface area contributed by atoms with E-state index in [-0.39, 0.29) is 5.91 Å². The Bertz CT molecular complexity index is 521. The Morgan fingerprint density at radius 3 is 3.05 bits per heavy atom. The molecule has 0 spiro atoms. The molecule has 1 aromatic rings. The van der Waals surface area contributed by atoms with E-state index < -0.39 is 0 Å². The lowest BCUT2D eigenvalue weighted by molar-refractivity contribution is -0.118. The molecule has 2 aliphatic heterocycles. The van der Waals surface area contributed by atoms with Crippen molar-refractivity contribution in [2.45, 2.75) is 31.8 Å². The second-order valence-electron chi connectivity index (χ2n) is 5.48. The van der Waals surface area contributed by atoms with Crippen LogP contribution in [0.5, 0.6) is 0 Å². The quantitative estimate of drug-likeness (QED) is 0.782. The number of carbonyl (C=O) groups excluding carboxylic acids is 1. The number of anilines is 1. The summed E-state index contributed by atoms with van der Waals surface area (Å²) in [5.41, 5.74) is 2.14. The molecular weight excluding hydrogens is 295 g/mol. The monoisotopic (exact) mass is 312 g/mol. The number of fused-ring (bicyclic) bond motifs is 2. The zero-order valence-electron chi connectivity index (χ0n) is 11.3. The van der Waals surface area contributed by atoms with Gasteiger partial charge in [-0.3, -0.25) is 9.69 Å². The van der Waals surface area contributed by atoms with Gasteiger partial charge in [0.2, 0.25) is 5.91 Å². The standard InChI is InChI=1S/C15H18Cl2N2O/c16-6-5-15(20)19-10-13-2-1-7-18(13)9-11-8-12(17)3-4-14(11)19/h3-4,8,13H,1-2,5-7,9-10H2. The first kappa shape index (κ1) is 14.2. The van der Waals surface area contributed by atoms with Crippen LogP contribution in [-0.4, -0.2) is 35.8 Å². The van der Waals surface area contributed by atoms with Crippen molar-refractivity contribution in [3.63, 3.8) is 0 Å². The third-order valence-electron chi connectivity index (χ3n) is 4.21. The minimum atomic E-state index is 0.109. The summed E-state index contributed by atoms with van der Waals surface area (Å²) in [7, 11) is 0. The van der Waals surface area contributed by atoms with E-state index in [9.17, 15) is 4.79 Å². The third kappa shape index (κ3) is 2.67. The smallest absolute Gasteiger partial charge is 0.228 e. The molecule has 1 saturated heterocycles. The summed E-state index contributed by atoms with van der Waals surface area (Å²) in [5, 5.41) is 0.728. The summed E-state index contributed by atoms with van der Waals surface area (Å²) in [4.78, 5) is 16.7. The minimum Gasteiger partial charge on any atom is -0.310 e. The van der Waals surface area contributed by atoms with Crippen LogP contribution in [0, 0.1) is 0 Å². The highest BCUT2D eigenvalue weighted by Crippen LogP contribution is 2.33. The van der Waals surface area contributed by atoms with Gasteiger partial charge in [0.15, 0.2) is 0 Å². The molecule has 2 aliphatic rings. The molecule has 0 radical (unpaired) electrons. The van der Waals surface area contributed by atoms with Crippen LogP contribution in [0.3, 0.4) is 0 Å². The number of rotatable bonds is 2. The van der Waals surface area contributed by atoms with Crippen LogP contribution in [0.2, 0.25) is 5.02 Å². The second-order valence-corrected chi connectivity index (χ2v) is 6.30. The van der Waals surface area contributed by atoms with Crippen LogP contribution >= 0.6 is 23.2 Å². The largest absolute Gasteiger partial charge is 0.310 e. The average molecular weight is 313 g/mol. The van der Waals surface area contributed by atoms with Gasteiger partial charge in [-0.15, -0.1) is 11.6 Å². The van der Waals surface area contributed by atoms with Gasteiger partial charge in [-0.05, 0) is 43.1 Å². The van der Waals surface area contributed by atoms with Crippen molar-refractivity contribution in [2.75, 3.05) is 23.9 Å². The molecule has 0 aromatic heterocycles. The number of nitrogens with zero attached hydrogens (tertiary/aromatic N) is 2. The first-order chi connectivity index (χ1) is 9.69. The molecule has 2 heterocycles. The van der Waals surface area contributed by atoms with E-state index in [4.69, 9.17) is 23.2 Å². The van der Waals surface area contributed by atoms with Crippen molar-refractivity contribution in [3.8, 4) is 0 Å². The van der Waals surface area contributed by atoms with Gasteiger partial charge in [0.25, 0.3) is 0 Å². The maximum atomic E-state index is 12.4. The molecule has 0 bridgehead atoms. The molecule has 0 N–H and O–H groups in total. The van der Waals surface area contributed by atoms with Crippen molar-refractivity contribution in [1.82, 2.24) is 4.90 Å². The lowest BCUT2D eigenvalue weighted by atomic mass is 10.1. The molecule has 0 saturated carbocycles. The van der Waals surface area contributed by atoms with Gasteiger partial charge in [-0.25, -0.2) is 0 Å². The summed E-state index contributed by atoms with van der Waals surface area (Å²) in [5.74, 6) is 0.476. The molecule has 3 nitrogen and oxygen atoms in total. The number of hydrogen-bond acceptors (Lipinski definition) is 2. The fourth-order valence-corrected chi connectivity index (χ4v) is 3.59. The third-order valence-corrected chi connectivity index (χ3v) is 4.63. The zero-order valence-corrected chi connectivity index (χ0v) is 12.8. The van der Waals surface area contributed by atoms with Gasteiger partial charge >= 0.3 is 0 Å². The maximum Gasteiger partial charge on any atom is 0.228 e. The molecule has 108 valence electrons. The first-order valence-electron chi connectivity index (χ1n) is 7.08. The summed E-state index contributed by atoms with van der Waals surface area (Å²) in [6.45, 7) is 2.75. The molecule has 1 amide bonds. The Hall–Kier alpha value is -0.770. The van der Waals surface area contributed by atoms with Crippen molar-refractivity contribution < 1.29 is 4.79 Å². The van der Waals surface area contributed by atoms with Crippen molar-refractivity contribution in [3.05, 3.63) is 28.8 Å². The Labute approximate surface area is 129 Å². The van der Waals surface area contributed by atoms with Crippen LogP contribution in [-0.2, 0) is 11.3 Å². The Kier molecular flexibility index (Phi) is 4.20. The normalized spacial score (nSPS) is 22.3. The fraction of sp³-hybridized carbons (Fsp3) is 0.533. The van der Waals surface area contributed by atoms with E-state index >= 15 is 0 Å². The minimum absolute atomic E-state index is 0.109. The van der Waals surface area contributed by atoms with Gasteiger partial charge < -0.3 is 4.90 Å². The number of halogens is 2. The Morgan fingerprint density at radius 1 is 1.40 bits per heavy atom. The van der Waals surface area contributed by atoms with Gasteiger partial charge in [-0.1, -0.05) is 11.6 Å². The SMILES string of the molecule is O=C(CCCl)N1CC2CCCN2Cc2cc(Cl)ccc21. The molecule has 20 heavy (non-hydrogen) atoms. The summed E-state index contributed by atoms with van der Waals surface area (Å²) >= 11 is 11.9. The van der Waals surface area contributed by atoms with Crippen LogP contribution in [0.15, 0.2) is 18.2 Å². The van der Waals surface area contributed by atoms with Crippen molar-refractivity contribution in [1.29, 1.82) is 0 Å². The van der Waals surface area contributed by atoms with Crippen LogP contribution in [0.4, 0.5) is 5.69 Å². The number of hydrogen-bond donors (Lipinski definition) is 0. The van der Waals surface area contributed by atoms with Crippen LogP contribution < -0.4 is 4.90 Å². The number of carbonyl (C=O) groups is 1. The van der Waals surface area contributed by atoms with Crippen molar-refractivity contribution in [2.24, 2.45) is 0 Å². The van der Waals surface area contributed by atoms with E-state index in [0.717, 1.165) is 42.3 Å². The number of benzene rings is 1.